The van der Waals surface area contributed by atoms with Crippen LogP contribution < -0.4 is 5.73 Å². The van der Waals surface area contributed by atoms with Gasteiger partial charge in [0.1, 0.15) is 4.75 Å². The average molecular weight is 422 g/mol. The Morgan fingerprint density at radius 3 is 2.07 bits per heavy atom. The topological polar surface area (TPSA) is 69.4 Å². The number of alkyl halides is 2. The molecule has 1 fully saturated rings. The van der Waals surface area contributed by atoms with E-state index in [1.54, 1.807) is 12.1 Å². The molecule has 3 rings (SSSR count). The van der Waals surface area contributed by atoms with E-state index in [1.165, 1.54) is 0 Å². The molecule has 0 aliphatic carbocycles. The molecule has 2 aromatic carbocycles. The third-order valence-corrected chi connectivity index (χ3v) is 7.33. The first kappa shape index (κ1) is 21.6. The summed E-state index contributed by atoms with van der Waals surface area (Å²) in [5.41, 5.74) is 8.30. The van der Waals surface area contributed by atoms with Crippen LogP contribution in [0.5, 0.6) is 0 Å². The van der Waals surface area contributed by atoms with Crippen molar-refractivity contribution in [1.82, 2.24) is 0 Å². The zero-order valence-electron chi connectivity index (χ0n) is 16.3. The normalized spacial score (nSPS) is 17.6. The van der Waals surface area contributed by atoms with Crippen molar-refractivity contribution in [3.63, 3.8) is 0 Å². The number of hydrogen-bond acceptors (Lipinski definition) is 3. The largest absolute Gasteiger partial charge is 0.381 e. The highest BCUT2D eigenvalue weighted by atomic mass is 32.2. The summed E-state index contributed by atoms with van der Waals surface area (Å²) in [7, 11) is -1.56. The maximum Gasteiger partial charge on any atom is 0.245 e. The van der Waals surface area contributed by atoms with Crippen LogP contribution in [0.4, 0.5) is 8.78 Å². The first-order valence-electron chi connectivity index (χ1n) is 9.58. The standard InChI is InChI=1S/C22H25F2NO3S/c1-21(23,24)11-10-16-2-4-17(5-3-16)18-6-8-19(9-7-18)29(27)22(20(25)26)12-14-28-15-13-22/h2-9H,10-15H2,1H3,(H2,25,26). The van der Waals surface area contributed by atoms with E-state index in [9.17, 15) is 17.8 Å². The summed E-state index contributed by atoms with van der Waals surface area (Å²) >= 11 is 0. The zero-order chi connectivity index (χ0) is 21.1. The predicted molar refractivity (Wildman–Crippen MR) is 109 cm³/mol. The third kappa shape index (κ3) is 5.08. The molecule has 1 atom stereocenters. The molecule has 0 radical (unpaired) electrons. The van der Waals surface area contributed by atoms with Gasteiger partial charge < -0.3 is 10.5 Å². The third-order valence-electron chi connectivity index (χ3n) is 5.31. The molecule has 2 N–H and O–H groups in total. The van der Waals surface area contributed by atoms with Crippen molar-refractivity contribution in [2.75, 3.05) is 13.2 Å². The fourth-order valence-corrected chi connectivity index (χ4v) is 5.00. The Morgan fingerprint density at radius 2 is 1.59 bits per heavy atom. The van der Waals surface area contributed by atoms with Gasteiger partial charge in [-0.25, -0.2) is 8.78 Å². The minimum Gasteiger partial charge on any atom is -0.381 e. The van der Waals surface area contributed by atoms with Crippen LogP contribution in [0.1, 0.15) is 31.7 Å². The van der Waals surface area contributed by atoms with Crippen molar-refractivity contribution in [3.8, 4) is 11.1 Å². The number of halogens is 2. The number of hydrogen-bond donors (Lipinski definition) is 1. The molecule has 0 saturated carbocycles. The fraction of sp³-hybridized carbons (Fsp3) is 0.409. The van der Waals surface area contributed by atoms with Gasteiger partial charge in [0, 0.05) is 24.5 Å². The molecule has 1 saturated heterocycles. The van der Waals surface area contributed by atoms with Gasteiger partial charge in [-0.1, -0.05) is 36.4 Å². The SMILES string of the molecule is CC(F)(F)CCc1ccc(-c2ccc(S(=O)C3(C(N)=O)CCOCC3)cc2)cc1. The Morgan fingerprint density at radius 1 is 1.07 bits per heavy atom. The van der Waals surface area contributed by atoms with Gasteiger partial charge in [0.25, 0.3) is 0 Å². The maximum atomic E-state index is 13.1. The second-order valence-corrected chi connectivity index (χ2v) is 9.32. The number of aryl methyl sites for hydroxylation is 1. The number of rotatable bonds is 7. The highest BCUT2D eigenvalue weighted by molar-refractivity contribution is 7.87. The van der Waals surface area contributed by atoms with Crippen molar-refractivity contribution < 1.29 is 22.5 Å². The Kier molecular flexibility index (Phi) is 6.49. The number of ether oxygens (including phenoxy) is 1. The first-order valence-corrected chi connectivity index (χ1v) is 10.7. The van der Waals surface area contributed by atoms with Crippen molar-refractivity contribution in [3.05, 3.63) is 54.1 Å². The monoisotopic (exact) mass is 421 g/mol. The molecule has 0 aromatic heterocycles. The molecule has 0 spiro atoms. The molecular formula is C22H25F2NO3S. The minimum absolute atomic E-state index is 0.181. The van der Waals surface area contributed by atoms with Gasteiger partial charge in [0.05, 0.1) is 10.8 Å². The second kappa shape index (κ2) is 8.71. The Labute approximate surface area is 171 Å². The van der Waals surface area contributed by atoms with Gasteiger partial charge in [0.15, 0.2) is 0 Å². The molecular weight excluding hydrogens is 396 g/mol. The summed E-state index contributed by atoms with van der Waals surface area (Å²) in [6, 6.07) is 14.6. The zero-order valence-corrected chi connectivity index (χ0v) is 17.1. The number of primary amides is 1. The average Bonchev–Trinajstić information content (AvgIpc) is 2.72. The summed E-state index contributed by atoms with van der Waals surface area (Å²) in [5.74, 6) is -3.23. The first-order chi connectivity index (χ1) is 13.7. The molecule has 1 amide bonds. The van der Waals surface area contributed by atoms with Crippen molar-refractivity contribution in [2.24, 2.45) is 5.73 Å². The minimum atomic E-state index is -2.67. The second-order valence-electron chi connectivity index (χ2n) is 7.53. The van der Waals surface area contributed by atoms with E-state index in [2.05, 4.69) is 0 Å². The molecule has 1 unspecified atom stereocenters. The lowest BCUT2D eigenvalue weighted by atomic mass is 9.98. The van der Waals surface area contributed by atoms with E-state index in [0.717, 1.165) is 23.6 Å². The van der Waals surface area contributed by atoms with Gasteiger partial charge >= 0.3 is 0 Å². The van der Waals surface area contributed by atoms with E-state index >= 15 is 0 Å². The molecule has 156 valence electrons. The van der Waals surface area contributed by atoms with E-state index < -0.39 is 27.4 Å². The summed E-state index contributed by atoms with van der Waals surface area (Å²) in [6.45, 7) is 1.65. The molecule has 1 aliphatic rings. The lowest BCUT2D eigenvalue weighted by Gasteiger charge is -2.33. The summed E-state index contributed by atoms with van der Waals surface area (Å²) < 4.78 is 43.3. The van der Waals surface area contributed by atoms with Crippen molar-refractivity contribution >= 4 is 16.7 Å². The molecule has 7 heteroatoms. The molecule has 29 heavy (non-hydrogen) atoms. The smallest absolute Gasteiger partial charge is 0.245 e. The summed E-state index contributed by atoms with van der Waals surface area (Å²) in [5, 5.41) is 0. The quantitative estimate of drug-likeness (QED) is 0.732. The highest BCUT2D eigenvalue weighted by Gasteiger charge is 2.45. The number of amides is 1. The highest BCUT2D eigenvalue weighted by Crippen LogP contribution is 2.32. The Balaban J connectivity index is 1.74. The number of nitrogens with two attached hydrogens (primary N) is 1. The Hall–Kier alpha value is -2.12. The van der Waals surface area contributed by atoms with Gasteiger partial charge in [-0.2, -0.15) is 0 Å². The van der Waals surface area contributed by atoms with Gasteiger partial charge in [-0.15, -0.1) is 0 Å². The lowest BCUT2D eigenvalue weighted by molar-refractivity contribution is -0.122. The van der Waals surface area contributed by atoms with Crippen LogP contribution in [0.2, 0.25) is 0 Å². The van der Waals surface area contributed by atoms with Crippen molar-refractivity contribution in [2.45, 2.75) is 48.2 Å². The molecule has 1 aliphatic heterocycles. The number of carbonyl (C=O) groups is 1. The summed E-state index contributed by atoms with van der Waals surface area (Å²) in [4.78, 5) is 12.6. The lowest BCUT2D eigenvalue weighted by Crippen LogP contribution is -2.51. The number of benzene rings is 2. The van der Waals surface area contributed by atoms with E-state index in [1.807, 2.05) is 36.4 Å². The van der Waals surface area contributed by atoms with Crippen LogP contribution in [-0.4, -0.2) is 34.0 Å². The maximum absolute atomic E-state index is 13.1. The molecule has 1 heterocycles. The predicted octanol–water partition coefficient (Wildman–Crippen LogP) is 4.08. The van der Waals surface area contributed by atoms with Crippen LogP contribution in [0.3, 0.4) is 0 Å². The summed E-state index contributed by atoms with van der Waals surface area (Å²) in [6.07, 6.45) is 0.823. The van der Waals surface area contributed by atoms with Crippen molar-refractivity contribution in [1.29, 1.82) is 0 Å². The molecule has 2 aromatic rings. The van der Waals surface area contributed by atoms with Crippen LogP contribution in [0, 0.1) is 0 Å². The molecule has 4 nitrogen and oxygen atoms in total. The molecule has 0 bridgehead atoms. The van der Waals surface area contributed by atoms with Crippen LogP contribution in [0.25, 0.3) is 11.1 Å². The van der Waals surface area contributed by atoms with Crippen LogP contribution >= 0.6 is 0 Å². The number of carbonyl (C=O) groups excluding carboxylic acids is 1. The Bertz CT molecular complexity index is 870. The van der Waals surface area contributed by atoms with Gasteiger partial charge in [0.2, 0.25) is 11.8 Å². The van der Waals surface area contributed by atoms with Gasteiger partial charge in [-0.05, 0) is 55.0 Å². The van der Waals surface area contributed by atoms with Crippen LogP contribution in [0.15, 0.2) is 53.4 Å². The van der Waals surface area contributed by atoms with E-state index in [-0.39, 0.29) is 6.42 Å². The fourth-order valence-electron chi connectivity index (χ4n) is 3.45. The van der Waals surface area contributed by atoms with Gasteiger partial charge in [-0.3, -0.25) is 9.00 Å². The van der Waals surface area contributed by atoms with Crippen LogP contribution in [-0.2, 0) is 26.8 Å². The van der Waals surface area contributed by atoms with E-state index in [0.29, 0.717) is 37.4 Å². The van der Waals surface area contributed by atoms with E-state index in [4.69, 9.17) is 10.5 Å².